The molecule has 2 aromatic rings. The molecule has 0 amide bonds. The average Bonchev–Trinajstić information content (AvgIpc) is 2.87. The van der Waals surface area contributed by atoms with E-state index < -0.39 is 0 Å². The third-order valence-corrected chi connectivity index (χ3v) is 2.78. The average molecular weight is 292 g/mol. The predicted molar refractivity (Wildman–Crippen MR) is 77.1 cm³/mol. The summed E-state index contributed by atoms with van der Waals surface area (Å²) >= 11 is 0. The van der Waals surface area contributed by atoms with Gasteiger partial charge in [-0.3, -0.25) is 4.79 Å². The molecule has 0 bridgehead atoms. The van der Waals surface area contributed by atoms with Gasteiger partial charge in [-0.2, -0.15) is 10.2 Å². The molecule has 0 saturated carbocycles. The molecule has 2 heterocycles. The van der Waals surface area contributed by atoms with Gasteiger partial charge in [-0.15, -0.1) is 0 Å². The number of ether oxygens (including phenoxy) is 1. The van der Waals surface area contributed by atoms with E-state index in [1.165, 1.54) is 23.3 Å². The highest BCUT2D eigenvalue weighted by molar-refractivity contribution is 5.14. The molecular formula is C13H20N6O2. The molecule has 21 heavy (non-hydrogen) atoms. The summed E-state index contributed by atoms with van der Waals surface area (Å²) in [4.78, 5) is 16.2. The number of aryl methyl sites for hydroxylation is 1. The molecule has 0 spiro atoms. The zero-order valence-electron chi connectivity index (χ0n) is 12.3. The van der Waals surface area contributed by atoms with Gasteiger partial charge in [0.05, 0.1) is 6.20 Å². The van der Waals surface area contributed by atoms with Crippen LogP contribution in [0.3, 0.4) is 0 Å². The smallest absolute Gasteiger partial charge is 0.270 e. The Bertz CT molecular complexity index is 634. The summed E-state index contributed by atoms with van der Waals surface area (Å²) in [5, 5.41) is 8.21. The Morgan fingerprint density at radius 2 is 2.19 bits per heavy atom. The number of nitrogens with two attached hydrogens (primary N) is 1. The highest BCUT2D eigenvalue weighted by Crippen LogP contribution is 2.04. The van der Waals surface area contributed by atoms with Crippen molar-refractivity contribution in [2.45, 2.75) is 39.4 Å². The van der Waals surface area contributed by atoms with Gasteiger partial charge in [0, 0.05) is 18.7 Å². The van der Waals surface area contributed by atoms with Gasteiger partial charge in [-0.05, 0) is 13.3 Å². The van der Waals surface area contributed by atoms with Crippen molar-refractivity contribution in [2.24, 2.45) is 5.73 Å². The third-order valence-electron chi connectivity index (χ3n) is 2.78. The van der Waals surface area contributed by atoms with Gasteiger partial charge in [-0.1, -0.05) is 6.92 Å². The first-order valence-electron chi connectivity index (χ1n) is 6.92. The van der Waals surface area contributed by atoms with E-state index in [2.05, 4.69) is 22.1 Å². The van der Waals surface area contributed by atoms with Crippen LogP contribution >= 0.6 is 0 Å². The SMILES string of the molecule is CCCn1ncnc1Cn1ncc(OCC(C)N)cc1=O. The summed E-state index contributed by atoms with van der Waals surface area (Å²) in [5.41, 5.74) is 5.35. The lowest BCUT2D eigenvalue weighted by Crippen LogP contribution is -2.26. The van der Waals surface area contributed by atoms with Crippen molar-refractivity contribution in [3.8, 4) is 5.75 Å². The van der Waals surface area contributed by atoms with Crippen molar-refractivity contribution in [1.82, 2.24) is 24.5 Å². The zero-order valence-corrected chi connectivity index (χ0v) is 12.3. The molecule has 0 saturated heterocycles. The van der Waals surface area contributed by atoms with E-state index in [4.69, 9.17) is 10.5 Å². The van der Waals surface area contributed by atoms with Crippen molar-refractivity contribution >= 4 is 0 Å². The van der Waals surface area contributed by atoms with Crippen LogP contribution in [0.5, 0.6) is 5.75 Å². The van der Waals surface area contributed by atoms with Crippen molar-refractivity contribution in [3.63, 3.8) is 0 Å². The van der Waals surface area contributed by atoms with Gasteiger partial charge in [0.25, 0.3) is 5.56 Å². The van der Waals surface area contributed by atoms with Crippen LogP contribution in [0.15, 0.2) is 23.4 Å². The molecule has 0 aliphatic carbocycles. The van der Waals surface area contributed by atoms with Gasteiger partial charge < -0.3 is 10.5 Å². The van der Waals surface area contributed by atoms with E-state index in [-0.39, 0.29) is 18.1 Å². The molecule has 0 aliphatic heterocycles. The number of hydrogen-bond donors (Lipinski definition) is 1. The Kier molecular flexibility index (Phi) is 5.04. The first-order valence-corrected chi connectivity index (χ1v) is 6.92. The topological polar surface area (TPSA) is 101 Å². The molecule has 0 radical (unpaired) electrons. The van der Waals surface area contributed by atoms with Gasteiger partial charge in [0.1, 0.15) is 31.1 Å². The van der Waals surface area contributed by atoms with Crippen molar-refractivity contribution in [1.29, 1.82) is 0 Å². The molecule has 1 unspecified atom stereocenters. The monoisotopic (exact) mass is 292 g/mol. The molecular weight excluding hydrogens is 272 g/mol. The molecule has 2 rings (SSSR count). The van der Waals surface area contributed by atoms with Gasteiger partial charge in [0.15, 0.2) is 0 Å². The third kappa shape index (κ3) is 4.12. The van der Waals surface area contributed by atoms with Crippen molar-refractivity contribution in [3.05, 3.63) is 34.8 Å². The summed E-state index contributed by atoms with van der Waals surface area (Å²) in [5.74, 6) is 1.12. The zero-order chi connectivity index (χ0) is 15.2. The molecule has 0 aliphatic rings. The lowest BCUT2D eigenvalue weighted by Gasteiger charge is -2.09. The molecule has 0 aromatic carbocycles. The Labute approximate surface area is 122 Å². The predicted octanol–water partition coefficient (Wildman–Crippen LogP) is 0.0191. The Hall–Kier alpha value is -2.22. The first kappa shape index (κ1) is 15.2. The van der Waals surface area contributed by atoms with E-state index in [0.717, 1.165) is 13.0 Å². The van der Waals surface area contributed by atoms with Crippen LogP contribution in [0.4, 0.5) is 0 Å². The number of aromatic nitrogens is 5. The molecule has 8 heteroatoms. The van der Waals surface area contributed by atoms with Crippen LogP contribution in [0.2, 0.25) is 0 Å². The van der Waals surface area contributed by atoms with Gasteiger partial charge in [-0.25, -0.2) is 14.3 Å². The maximum Gasteiger partial charge on any atom is 0.270 e. The summed E-state index contributed by atoms with van der Waals surface area (Å²) in [6.07, 6.45) is 3.93. The second kappa shape index (κ2) is 6.98. The molecule has 2 aromatic heterocycles. The van der Waals surface area contributed by atoms with E-state index >= 15 is 0 Å². The standard InChI is InChI=1S/C13H20N6O2/c1-3-4-18-12(15-9-17-18)7-19-13(20)5-11(6-16-19)21-8-10(2)14/h5-6,9-10H,3-4,7-8,14H2,1-2H3. The highest BCUT2D eigenvalue weighted by atomic mass is 16.5. The maximum atomic E-state index is 12.0. The lowest BCUT2D eigenvalue weighted by atomic mass is 10.4. The molecule has 114 valence electrons. The summed E-state index contributed by atoms with van der Waals surface area (Å²) < 4.78 is 8.47. The summed E-state index contributed by atoms with van der Waals surface area (Å²) in [6.45, 7) is 5.28. The molecule has 1 atom stereocenters. The number of rotatable bonds is 7. The Morgan fingerprint density at radius 3 is 2.86 bits per heavy atom. The minimum atomic E-state index is -0.247. The molecule has 0 fully saturated rings. The lowest BCUT2D eigenvalue weighted by molar-refractivity contribution is 0.292. The van der Waals surface area contributed by atoms with Crippen molar-refractivity contribution in [2.75, 3.05) is 6.61 Å². The van der Waals surface area contributed by atoms with Crippen LogP contribution < -0.4 is 16.0 Å². The molecule has 2 N–H and O–H groups in total. The fourth-order valence-corrected chi connectivity index (χ4v) is 1.79. The van der Waals surface area contributed by atoms with Crippen molar-refractivity contribution < 1.29 is 4.74 Å². The van der Waals surface area contributed by atoms with Crippen LogP contribution in [0.25, 0.3) is 0 Å². The van der Waals surface area contributed by atoms with E-state index in [9.17, 15) is 4.79 Å². The maximum absolute atomic E-state index is 12.0. The van der Waals surface area contributed by atoms with E-state index in [0.29, 0.717) is 18.2 Å². The number of nitrogens with zero attached hydrogens (tertiary/aromatic N) is 5. The largest absolute Gasteiger partial charge is 0.490 e. The highest BCUT2D eigenvalue weighted by Gasteiger charge is 2.08. The Morgan fingerprint density at radius 1 is 1.38 bits per heavy atom. The fraction of sp³-hybridized carbons (Fsp3) is 0.538. The fourth-order valence-electron chi connectivity index (χ4n) is 1.79. The van der Waals surface area contributed by atoms with E-state index in [1.807, 2.05) is 6.92 Å². The normalized spacial score (nSPS) is 12.3. The second-order valence-electron chi connectivity index (χ2n) is 4.87. The minimum Gasteiger partial charge on any atom is -0.490 e. The van der Waals surface area contributed by atoms with Gasteiger partial charge >= 0.3 is 0 Å². The second-order valence-corrected chi connectivity index (χ2v) is 4.87. The van der Waals surface area contributed by atoms with Crippen LogP contribution in [0.1, 0.15) is 26.1 Å². The molecule has 8 nitrogen and oxygen atoms in total. The van der Waals surface area contributed by atoms with E-state index in [1.54, 1.807) is 4.68 Å². The summed E-state index contributed by atoms with van der Waals surface area (Å²) in [6, 6.07) is 1.30. The van der Waals surface area contributed by atoms with Gasteiger partial charge in [0.2, 0.25) is 0 Å². The quantitative estimate of drug-likeness (QED) is 0.772. The van der Waals surface area contributed by atoms with Crippen LogP contribution in [-0.4, -0.2) is 37.2 Å². The first-order chi connectivity index (χ1) is 10.1. The minimum absolute atomic E-state index is 0.0972. The Balaban J connectivity index is 2.10. The summed E-state index contributed by atoms with van der Waals surface area (Å²) in [7, 11) is 0. The number of hydrogen-bond acceptors (Lipinski definition) is 6. The van der Waals surface area contributed by atoms with Crippen LogP contribution in [-0.2, 0) is 13.1 Å². The van der Waals surface area contributed by atoms with Crippen LogP contribution in [0, 0.1) is 0 Å².